The van der Waals surface area contributed by atoms with Gasteiger partial charge in [0.15, 0.2) is 0 Å². The molecule has 3 nitrogen and oxygen atoms in total. The average Bonchev–Trinajstić information content (AvgIpc) is 3.05. The first-order valence-electron chi connectivity index (χ1n) is 6.63. The van der Waals surface area contributed by atoms with Gasteiger partial charge in [-0.2, -0.15) is 0 Å². The van der Waals surface area contributed by atoms with E-state index in [4.69, 9.17) is 10.5 Å². The smallest absolute Gasteiger partial charge is 0.0589 e. The van der Waals surface area contributed by atoms with Crippen LogP contribution in [-0.4, -0.2) is 43.8 Å². The SMILES string of the molecule is COCCN(CCCC(C)N)C(C)C1CC1. The number of nitrogens with two attached hydrogens (primary N) is 1. The molecule has 0 heterocycles. The molecule has 2 N–H and O–H groups in total. The first-order valence-corrected chi connectivity index (χ1v) is 6.63. The summed E-state index contributed by atoms with van der Waals surface area (Å²) in [5, 5.41) is 0. The van der Waals surface area contributed by atoms with Crippen LogP contribution >= 0.6 is 0 Å². The monoisotopic (exact) mass is 228 g/mol. The Kier molecular flexibility index (Phi) is 6.32. The normalized spacial score (nSPS) is 20.1. The molecule has 1 aliphatic carbocycles. The molecule has 0 aromatic rings. The maximum atomic E-state index is 5.78. The molecule has 0 aromatic heterocycles. The Morgan fingerprint density at radius 1 is 1.31 bits per heavy atom. The Labute approximate surface area is 100 Å². The Balaban J connectivity index is 2.24. The number of nitrogens with zero attached hydrogens (tertiary/aromatic N) is 1. The molecule has 1 saturated carbocycles. The molecule has 0 aromatic carbocycles. The van der Waals surface area contributed by atoms with Crippen molar-refractivity contribution < 1.29 is 4.74 Å². The van der Waals surface area contributed by atoms with Crippen molar-refractivity contribution in [2.45, 2.75) is 51.6 Å². The molecule has 0 saturated heterocycles. The van der Waals surface area contributed by atoms with Gasteiger partial charge in [-0.25, -0.2) is 0 Å². The predicted molar refractivity (Wildman–Crippen MR) is 68.5 cm³/mol. The third-order valence-electron chi connectivity index (χ3n) is 3.57. The lowest BCUT2D eigenvalue weighted by Gasteiger charge is -2.29. The van der Waals surface area contributed by atoms with Gasteiger partial charge in [-0.05, 0) is 52.0 Å². The van der Waals surface area contributed by atoms with E-state index in [1.54, 1.807) is 7.11 Å². The summed E-state index contributed by atoms with van der Waals surface area (Å²) in [6.07, 6.45) is 5.16. The number of methoxy groups -OCH3 is 1. The minimum atomic E-state index is 0.334. The van der Waals surface area contributed by atoms with E-state index in [0.29, 0.717) is 6.04 Å². The Morgan fingerprint density at radius 3 is 2.50 bits per heavy atom. The molecule has 1 rings (SSSR count). The second kappa shape index (κ2) is 7.25. The van der Waals surface area contributed by atoms with Crippen LogP contribution in [0.4, 0.5) is 0 Å². The van der Waals surface area contributed by atoms with E-state index in [0.717, 1.165) is 31.5 Å². The summed E-state index contributed by atoms with van der Waals surface area (Å²) in [4.78, 5) is 2.57. The minimum Gasteiger partial charge on any atom is -0.383 e. The van der Waals surface area contributed by atoms with E-state index >= 15 is 0 Å². The van der Waals surface area contributed by atoms with Crippen LogP contribution < -0.4 is 5.73 Å². The van der Waals surface area contributed by atoms with Crippen molar-refractivity contribution in [1.82, 2.24) is 4.90 Å². The van der Waals surface area contributed by atoms with E-state index in [2.05, 4.69) is 18.7 Å². The molecule has 0 aliphatic heterocycles. The van der Waals surface area contributed by atoms with Crippen LogP contribution in [0.15, 0.2) is 0 Å². The van der Waals surface area contributed by atoms with E-state index < -0.39 is 0 Å². The van der Waals surface area contributed by atoms with Crippen LogP contribution in [0.25, 0.3) is 0 Å². The van der Waals surface area contributed by atoms with Crippen molar-refractivity contribution in [2.24, 2.45) is 11.7 Å². The highest BCUT2D eigenvalue weighted by Gasteiger charge is 2.31. The molecule has 3 heteroatoms. The van der Waals surface area contributed by atoms with Gasteiger partial charge in [-0.3, -0.25) is 4.90 Å². The average molecular weight is 228 g/mol. The third kappa shape index (κ3) is 5.28. The fourth-order valence-electron chi connectivity index (χ4n) is 2.22. The molecule has 16 heavy (non-hydrogen) atoms. The lowest BCUT2D eigenvalue weighted by atomic mass is 10.1. The Morgan fingerprint density at radius 2 is 2.00 bits per heavy atom. The maximum absolute atomic E-state index is 5.78. The Bertz CT molecular complexity index is 181. The van der Waals surface area contributed by atoms with Crippen molar-refractivity contribution >= 4 is 0 Å². The van der Waals surface area contributed by atoms with Crippen molar-refractivity contribution in [3.63, 3.8) is 0 Å². The molecular weight excluding hydrogens is 200 g/mol. The summed E-state index contributed by atoms with van der Waals surface area (Å²) in [5.41, 5.74) is 5.78. The minimum absolute atomic E-state index is 0.334. The lowest BCUT2D eigenvalue weighted by Crippen LogP contribution is -2.38. The van der Waals surface area contributed by atoms with Crippen LogP contribution in [0.5, 0.6) is 0 Å². The first-order chi connectivity index (χ1) is 7.65. The van der Waals surface area contributed by atoms with Gasteiger partial charge >= 0.3 is 0 Å². The van der Waals surface area contributed by atoms with Gasteiger partial charge in [0, 0.05) is 25.7 Å². The zero-order chi connectivity index (χ0) is 12.0. The van der Waals surface area contributed by atoms with Crippen LogP contribution in [0.3, 0.4) is 0 Å². The fourth-order valence-corrected chi connectivity index (χ4v) is 2.22. The number of rotatable bonds is 9. The maximum Gasteiger partial charge on any atom is 0.0589 e. The van der Waals surface area contributed by atoms with Gasteiger partial charge in [0.25, 0.3) is 0 Å². The molecule has 96 valence electrons. The fraction of sp³-hybridized carbons (Fsp3) is 1.00. The van der Waals surface area contributed by atoms with Crippen molar-refractivity contribution in [3.05, 3.63) is 0 Å². The van der Waals surface area contributed by atoms with Crippen LogP contribution in [0, 0.1) is 5.92 Å². The molecule has 1 aliphatic rings. The molecule has 0 bridgehead atoms. The van der Waals surface area contributed by atoms with E-state index in [1.165, 1.54) is 25.8 Å². The molecule has 0 spiro atoms. The number of ether oxygens (including phenoxy) is 1. The van der Waals surface area contributed by atoms with Gasteiger partial charge < -0.3 is 10.5 Å². The summed E-state index contributed by atoms with van der Waals surface area (Å²) < 4.78 is 5.18. The van der Waals surface area contributed by atoms with E-state index in [-0.39, 0.29) is 0 Å². The van der Waals surface area contributed by atoms with Gasteiger partial charge in [-0.1, -0.05) is 0 Å². The second-order valence-electron chi connectivity index (χ2n) is 5.23. The van der Waals surface area contributed by atoms with Crippen LogP contribution in [0.2, 0.25) is 0 Å². The zero-order valence-corrected chi connectivity index (χ0v) is 11.1. The predicted octanol–water partition coefficient (Wildman–Crippen LogP) is 1.86. The Hall–Kier alpha value is -0.120. The molecular formula is C13H28N2O. The number of hydrogen-bond donors (Lipinski definition) is 1. The van der Waals surface area contributed by atoms with Crippen molar-refractivity contribution in [2.75, 3.05) is 26.8 Å². The van der Waals surface area contributed by atoms with Gasteiger partial charge in [-0.15, -0.1) is 0 Å². The molecule has 0 radical (unpaired) electrons. The summed E-state index contributed by atoms with van der Waals surface area (Å²) in [6, 6.07) is 1.06. The quantitative estimate of drug-likeness (QED) is 0.654. The zero-order valence-electron chi connectivity index (χ0n) is 11.1. The second-order valence-corrected chi connectivity index (χ2v) is 5.23. The molecule has 2 atom stereocenters. The van der Waals surface area contributed by atoms with Gasteiger partial charge in [0.2, 0.25) is 0 Å². The molecule has 2 unspecified atom stereocenters. The molecule has 1 fully saturated rings. The van der Waals surface area contributed by atoms with Crippen LogP contribution in [0.1, 0.15) is 39.5 Å². The summed E-state index contributed by atoms with van der Waals surface area (Å²) in [5.74, 6) is 0.937. The summed E-state index contributed by atoms with van der Waals surface area (Å²) >= 11 is 0. The highest BCUT2D eigenvalue weighted by Crippen LogP contribution is 2.35. The topological polar surface area (TPSA) is 38.5 Å². The van der Waals surface area contributed by atoms with Gasteiger partial charge in [0.05, 0.1) is 6.61 Å². The van der Waals surface area contributed by atoms with E-state index in [1.807, 2.05) is 0 Å². The lowest BCUT2D eigenvalue weighted by molar-refractivity contribution is 0.115. The first kappa shape index (κ1) is 13.9. The summed E-state index contributed by atoms with van der Waals surface area (Å²) in [7, 11) is 1.78. The van der Waals surface area contributed by atoms with E-state index in [9.17, 15) is 0 Å². The van der Waals surface area contributed by atoms with Crippen LogP contribution in [-0.2, 0) is 4.74 Å². The van der Waals surface area contributed by atoms with Gasteiger partial charge in [0.1, 0.15) is 0 Å². The number of hydrogen-bond acceptors (Lipinski definition) is 3. The van der Waals surface area contributed by atoms with Crippen molar-refractivity contribution in [1.29, 1.82) is 0 Å². The molecule has 0 amide bonds. The standard InChI is InChI=1S/C13H28N2O/c1-11(14)5-4-8-15(9-10-16-3)12(2)13-6-7-13/h11-13H,4-10,14H2,1-3H3. The largest absolute Gasteiger partial charge is 0.383 e. The van der Waals surface area contributed by atoms with Crippen molar-refractivity contribution in [3.8, 4) is 0 Å². The summed E-state index contributed by atoms with van der Waals surface area (Å²) in [6.45, 7) is 7.52. The highest BCUT2D eigenvalue weighted by atomic mass is 16.5. The third-order valence-corrected chi connectivity index (χ3v) is 3.57. The highest BCUT2D eigenvalue weighted by molar-refractivity contribution is 4.85.